The van der Waals surface area contributed by atoms with E-state index in [1.54, 1.807) is 0 Å². The van der Waals surface area contributed by atoms with Crippen molar-refractivity contribution in [1.82, 2.24) is 79.7 Å². The summed E-state index contributed by atoms with van der Waals surface area (Å²) in [4.78, 5) is 73.5. The molecule has 0 saturated heterocycles. The molecule has 8 aromatic carbocycles. The third kappa shape index (κ3) is 8.09. The van der Waals surface area contributed by atoms with Crippen LogP contribution in [0.25, 0.3) is 179 Å². The lowest BCUT2D eigenvalue weighted by atomic mass is 10.1. The molecule has 6 aromatic heterocycles. The molecule has 16 bridgehead atoms. The van der Waals surface area contributed by atoms with Crippen LogP contribution >= 0.6 is 0 Å². The molecule has 0 fully saturated rings. The van der Waals surface area contributed by atoms with E-state index in [1.807, 2.05) is 194 Å². The highest BCUT2D eigenvalue weighted by Crippen LogP contribution is 2.39. The number of H-pyrrole nitrogens is 4. The van der Waals surface area contributed by atoms with E-state index in [-0.39, 0.29) is 21.9 Å². The first-order valence-corrected chi connectivity index (χ1v) is 26.0. The minimum atomic E-state index is 0. The normalized spacial score (nSPS) is 11.4. The summed E-state index contributed by atoms with van der Waals surface area (Å²) in [6, 6.07) is 64.5. The summed E-state index contributed by atoms with van der Waals surface area (Å²) in [5, 5.41) is 7.64. The number of nitrogens with zero attached hydrogens (tertiary/aromatic N) is 12. The molecule has 0 saturated carbocycles. The lowest BCUT2D eigenvalue weighted by Crippen LogP contribution is -1.83. The van der Waals surface area contributed by atoms with Crippen molar-refractivity contribution in [3.05, 3.63) is 194 Å². The Morgan fingerprint density at radius 1 is 0.155 bits per heavy atom. The number of aromatic nitrogens is 16. The van der Waals surface area contributed by atoms with Crippen LogP contribution in [-0.4, -0.2) is 102 Å². The van der Waals surface area contributed by atoms with E-state index < -0.39 is 0 Å². The number of benzene rings is 8. The molecule has 8 N–H and O–H groups in total. The standard InChI is InChI=1S/2C32H18N8.4H2O/c2*1-2-10-18-17(9-1)25-33-26(18)38-28-21-13-5-6-14-22(21)30(35-28)40-32-24-16-8-7-15-23(24)31(36-32)39-29-20-12-4-3-11-19(20)27(34-29)37-25;;;;/h2*1-16H,(H2,33,34,35,36,37,38,39,40);4*1H2/p-4. The van der Waals surface area contributed by atoms with Crippen LogP contribution in [0.15, 0.2) is 194 Å². The fraction of sp³-hybridized carbons (Fsp3) is 0. The van der Waals surface area contributed by atoms with E-state index in [2.05, 4.69) is 19.9 Å². The lowest BCUT2D eigenvalue weighted by Gasteiger charge is -1.96. The van der Waals surface area contributed by atoms with E-state index >= 15 is 0 Å². The molecule has 4 aliphatic rings. The van der Waals surface area contributed by atoms with Gasteiger partial charge in [-0.05, 0) is 0 Å². The van der Waals surface area contributed by atoms with E-state index in [0.717, 1.165) is 87.6 Å². The Labute approximate surface area is 473 Å². The fourth-order valence-electron chi connectivity index (χ4n) is 11.2. The van der Waals surface area contributed by atoms with Crippen molar-refractivity contribution in [3.8, 4) is 91.1 Å². The summed E-state index contributed by atoms with van der Waals surface area (Å²) in [6.45, 7) is 0. The first kappa shape index (κ1) is 51.7. The summed E-state index contributed by atoms with van der Waals surface area (Å²) in [6.07, 6.45) is 0. The van der Waals surface area contributed by atoms with Crippen molar-refractivity contribution in [2.75, 3.05) is 0 Å². The molecule has 84 heavy (non-hydrogen) atoms. The predicted octanol–water partition coefficient (Wildman–Crippen LogP) is 13.0. The molecule has 0 atom stereocenters. The van der Waals surface area contributed by atoms with Crippen molar-refractivity contribution >= 4 is 88.3 Å². The molecule has 14 aromatic rings. The minimum absolute atomic E-state index is 0. The second-order valence-electron chi connectivity index (χ2n) is 19.6. The van der Waals surface area contributed by atoms with Gasteiger partial charge in [-0.2, -0.15) is 0 Å². The summed E-state index contributed by atoms with van der Waals surface area (Å²) < 4.78 is 0. The van der Waals surface area contributed by atoms with Gasteiger partial charge < -0.3 is 41.8 Å². The average Bonchev–Trinajstić information content (AvgIpc) is 2.75. The quantitative estimate of drug-likeness (QED) is 0.110. The topological polar surface area (TPSA) is 338 Å². The van der Waals surface area contributed by atoms with Gasteiger partial charge in [-0.15, -0.1) is 0 Å². The van der Waals surface area contributed by atoms with Crippen LogP contribution in [0, 0.1) is 0 Å². The van der Waals surface area contributed by atoms with Crippen molar-refractivity contribution in [2.24, 2.45) is 0 Å². The largest absolute Gasteiger partial charge is 0.870 e. The van der Waals surface area contributed by atoms with Gasteiger partial charge >= 0.3 is 0 Å². The third-order valence-corrected chi connectivity index (χ3v) is 14.9. The molecule has 0 unspecified atom stereocenters. The number of fused-ring (bicyclic) bond motifs is 40. The van der Waals surface area contributed by atoms with Crippen LogP contribution in [-0.2, 0) is 0 Å². The first-order chi connectivity index (χ1) is 39.6. The zero-order valence-corrected chi connectivity index (χ0v) is 43.6. The van der Waals surface area contributed by atoms with E-state index in [0.29, 0.717) is 91.8 Å². The van der Waals surface area contributed by atoms with E-state index in [4.69, 9.17) is 59.8 Å². The monoisotopic (exact) mass is 1100 g/mol. The molecular formula is C64H40N16O4-4. The summed E-state index contributed by atoms with van der Waals surface area (Å²) in [5.74, 6) is 4.78. The molecule has 10 heterocycles. The fourth-order valence-corrected chi connectivity index (χ4v) is 11.2. The number of hydrogen-bond donors (Lipinski definition) is 4. The smallest absolute Gasteiger partial charge is 0.164 e. The van der Waals surface area contributed by atoms with Crippen LogP contribution in [0.3, 0.4) is 0 Å². The molecule has 4 aliphatic heterocycles. The zero-order valence-electron chi connectivity index (χ0n) is 43.6. The van der Waals surface area contributed by atoms with Crippen LogP contribution < -0.4 is 0 Å². The second kappa shape index (κ2) is 20.1. The highest BCUT2D eigenvalue weighted by atomic mass is 16.0. The van der Waals surface area contributed by atoms with E-state index in [9.17, 15) is 0 Å². The Bertz CT molecular complexity index is 4410. The Hall–Kier alpha value is -11.7. The van der Waals surface area contributed by atoms with Gasteiger partial charge in [0.25, 0.3) is 0 Å². The number of aromatic amines is 4. The first-order valence-electron chi connectivity index (χ1n) is 26.0. The Morgan fingerprint density at radius 3 is 0.405 bits per heavy atom. The summed E-state index contributed by atoms with van der Waals surface area (Å²) >= 11 is 0. The van der Waals surface area contributed by atoms with Crippen LogP contribution in [0.5, 0.6) is 0 Å². The number of rotatable bonds is 0. The third-order valence-electron chi connectivity index (χ3n) is 14.9. The zero-order chi connectivity index (χ0) is 52.4. The molecule has 0 amide bonds. The van der Waals surface area contributed by atoms with Crippen molar-refractivity contribution in [3.63, 3.8) is 0 Å². The van der Waals surface area contributed by atoms with Crippen LogP contribution in [0.4, 0.5) is 0 Å². The van der Waals surface area contributed by atoms with Crippen molar-refractivity contribution < 1.29 is 21.9 Å². The van der Waals surface area contributed by atoms with Crippen molar-refractivity contribution in [2.45, 2.75) is 0 Å². The van der Waals surface area contributed by atoms with Gasteiger partial charge in [-0.1, -0.05) is 194 Å². The molecule has 0 aliphatic carbocycles. The molecule has 18 rings (SSSR count). The van der Waals surface area contributed by atoms with Gasteiger partial charge in [-0.25, -0.2) is 59.8 Å². The van der Waals surface area contributed by atoms with Gasteiger partial charge in [0.1, 0.15) is 45.2 Å². The number of nitrogens with one attached hydrogen (secondary N) is 4. The Kier molecular flexibility index (Phi) is 12.4. The summed E-state index contributed by atoms with van der Waals surface area (Å²) in [5.41, 5.74) is 12.9. The molecule has 20 nitrogen and oxygen atoms in total. The predicted molar refractivity (Wildman–Crippen MR) is 320 cm³/mol. The highest BCUT2D eigenvalue weighted by Gasteiger charge is 2.24. The molecular weight excluding hydrogens is 1060 g/mol. The molecule has 0 radical (unpaired) electrons. The van der Waals surface area contributed by atoms with Gasteiger partial charge in [0.05, 0.1) is 0 Å². The van der Waals surface area contributed by atoms with Crippen LogP contribution in [0.2, 0.25) is 0 Å². The highest BCUT2D eigenvalue weighted by molar-refractivity contribution is 6.08. The SMILES string of the molecule is [OH-].[OH-].[OH-].[OH-].c1ccc2c(c1)-c1nc-2nc2[nH]c(nc3nc(nc4[nH]c(n1)c1ccccc41)-c1ccccc1-3)c1ccccc21.c1ccc2c(c1)-c1nc-2nc2[nH]c(nc3nc(nc4[nH]c(n1)c1ccccc41)-c1ccccc1-3)c1ccccc21. The lowest BCUT2D eigenvalue weighted by molar-refractivity contribution is 0.823. The molecule has 0 spiro atoms. The maximum atomic E-state index is 5.02. The maximum absolute atomic E-state index is 5.02. The second-order valence-corrected chi connectivity index (χ2v) is 19.6. The minimum Gasteiger partial charge on any atom is -0.870 e. The average molecular weight is 1100 g/mol. The maximum Gasteiger partial charge on any atom is 0.164 e. The van der Waals surface area contributed by atoms with Gasteiger partial charge in [-0.3, -0.25) is 0 Å². The van der Waals surface area contributed by atoms with Crippen molar-refractivity contribution in [1.29, 1.82) is 0 Å². The number of hydrogen-bond acceptors (Lipinski definition) is 16. The molecule has 404 valence electrons. The molecule has 20 heteroatoms. The van der Waals surface area contributed by atoms with E-state index in [1.165, 1.54) is 0 Å². The van der Waals surface area contributed by atoms with Gasteiger partial charge in [0.2, 0.25) is 0 Å². The Balaban J connectivity index is 0.000000150. The van der Waals surface area contributed by atoms with Gasteiger partial charge in [0, 0.05) is 87.6 Å². The van der Waals surface area contributed by atoms with Gasteiger partial charge in [0.15, 0.2) is 46.6 Å². The Morgan fingerprint density at radius 2 is 0.274 bits per heavy atom. The summed E-state index contributed by atoms with van der Waals surface area (Å²) in [7, 11) is 0. The van der Waals surface area contributed by atoms with Crippen LogP contribution in [0.1, 0.15) is 0 Å².